The van der Waals surface area contributed by atoms with Crippen molar-refractivity contribution in [1.29, 1.82) is 0 Å². The lowest BCUT2D eigenvalue weighted by molar-refractivity contribution is -0.142. The van der Waals surface area contributed by atoms with Gasteiger partial charge in [-0.05, 0) is 31.7 Å². The largest absolute Gasteiger partial charge is 0.401 e. The fourth-order valence-electron chi connectivity index (χ4n) is 2.17. The zero-order valence-electron chi connectivity index (χ0n) is 14.6. The molecule has 0 aliphatic rings. The maximum Gasteiger partial charge on any atom is 0.401 e. The third-order valence-corrected chi connectivity index (χ3v) is 3.20. The monoisotopic (exact) mass is 476 g/mol. The number of alkyl halides is 3. The minimum Gasteiger partial charge on any atom is -0.357 e. The van der Waals surface area contributed by atoms with Gasteiger partial charge in [-0.15, -0.1) is 24.0 Å². The molecule has 0 radical (unpaired) electrons. The lowest BCUT2D eigenvalue weighted by Crippen LogP contribution is -2.39. The van der Waals surface area contributed by atoms with Gasteiger partial charge in [-0.2, -0.15) is 13.2 Å². The number of guanidine groups is 1. The SMILES string of the molecule is CCNC(=NCCN(C)CC(F)(F)F)N(C)Cc1cccc(F)c1.I. The standard InChI is InChI=1S/C16H24F4N4.HI/c1-4-21-15(22-8-9-23(2)12-16(18,19)20)24(3)11-13-6-5-7-14(17)10-13;/h5-7,10H,4,8-9,11-12H2,1-3H3,(H,21,22);1H. The number of benzene rings is 1. The van der Waals surface area contributed by atoms with E-state index in [0.29, 0.717) is 19.0 Å². The van der Waals surface area contributed by atoms with Crippen molar-refractivity contribution in [3.8, 4) is 0 Å². The van der Waals surface area contributed by atoms with Crippen LogP contribution in [-0.4, -0.2) is 62.2 Å². The van der Waals surface area contributed by atoms with Gasteiger partial charge in [-0.3, -0.25) is 9.89 Å². The van der Waals surface area contributed by atoms with E-state index in [-0.39, 0.29) is 42.9 Å². The summed E-state index contributed by atoms with van der Waals surface area (Å²) in [5, 5.41) is 3.08. The lowest BCUT2D eigenvalue weighted by atomic mass is 10.2. The quantitative estimate of drug-likeness (QED) is 0.284. The van der Waals surface area contributed by atoms with E-state index in [1.54, 1.807) is 19.2 Å². The number of hydrogen-bond donors (Lipinski definition) is 1. The Morgan fingerprint density at radius 2 is 1.92 bits per heavy atom. The van der Waals surface area contributed by atoms with Crippen molar-refractivity contribution in [1.82, 2.24) is 15.1 Å². The zero-order chi connectivity index (χ0) is 18.2. The minimum atomic E-state index is -4.21. The highest BCUT2D eigenvalue weighted by atomic mass is 127. The first-order chi connectivity index (χ1) is 11.2. The average Bonchev–Trinajstić information content (AvgIpc) is 2.44. The van der Waals surface area contributed by atoms with Crippen molar-refractivity contribution >= 4 is 29.9 Å². The number of aliphatic imine (C=N–C) groups is 1. The second-order valence-electron chi connectivity index (χ2n) is 5.57. The Morgan fingerprint density at radius 1 is 1.24 bits per heavy atom. The van der Waals surface area contributed by atoms with Crippen molar-refractivity contribution in [3.05, 3.63) is 35.6 Å². The molecule has 0 unspecified atom stereocenters. The number of nitrogens with zero attached hydrogens (tertiary/aromatic N) is 3. The second kappa shape index (κ2) is 11.5. The molecule has 1 aromatic rings. The van der Waals surface area contributed by atoms with E-state index in [0.717, 1.165) is 5.56 Å². The van der Waals surface area contributed by atoms with Gasteiger partial charge in [0, 0.05) is 26.7 Å². The van der Waals surface area contributed by atoms with Crippen molar-refractivity contribution in [2.24, 2.45) is 4.99 Å². The Morgan fingerprint density at radius 3 is 2.48 bits per heavy atom. The first-order valence-corrected chi connectivity index (χ1v) is 7.70. The summed E-state index contributed by atoms with van der Waals surface area (Å²) < 4.78 is 50.1. The third-order valence-electron chi connectivity index (χ3n) is 3.20. The van der Waals surface area contributed by atoms with Crippen LogP contribution in [0.2, 0.25) is 0 Å². The average molecular weight is 476 g/mol. The second-order valence-corrected chi connectivity index (χ2v) is 5.57. The molecule has 1 aromatic carbocycles. The number of rotatable bonds is 7. The van der Waals surface area contributed by atoms with Crippen LogP contribution in [-0.2, 0) is 6.54 Å². The van der Waals surface area contributed by atoms with Crippen LogP contribution in [0, 0.1) is 5.82 Å². The topological polar surface area (TPSA) is 30.9 Å². The molecular formula is C16H25F4IN4. The highest BCUT2D eigenvalue weighted by Crippen LogP contribution is 2.15. The van der Waals surface area contributed by atoms with E-state index in [2.05, 4.69) is 10.3 Å². The van der Waals surface area contributed by atoms with Crippen LogP contribution in [0.5, 0.6) is 0 Å². The highest BCUT2D eigenvalue weighted by Gasteiger charge is 2.28. The fourth-order valence-corrected chi connectivity index (χ4v) is 2.17. The fraction of sp³-hybridized carbons (Fsp3) is 0.562. The summed E-state index contributed by atoms with van der Waals surface area (Å²) in [5.74, 6) is 0.263. The summed E-state index contributed by atoms with van der Waals surface area (Å²) >= 11 is 0. The molecule has 25 heavy (non-hydrogen) atoms. The highest BCUT2D eigenvalue weighted by molar-refractivity contribution is 14.0. The maximum absolute atomic E-state index is 13.2. The molecule has 0 bridgehead atoms. The molecule has 144 valence electrons. The van der Waals surface area contributed by atoms with Gasteiger partial charge in [0.2, 0.25) is 0 Å². The van der Waals surface area contributed by atoms with Crippen molar-refractivity contribution < 1.29 is 17.6 Å². The molecule has 0 aliphatic carbocycles. The van der Waals surface area contributed by atoms with Gasteiger partial charge < -0.3 is 10.2 Å². The number of likely N-dealkylation sites (N-methyl/N-ethyl adjacent to an activating group) is 1. The predicted molar refractivity (Wildman–Crippen MR) is 103 cm³/mol. The van der Waals surface area contributed by atoms with Crippen molar-refractivity contribution in [2.45, 2.75) is 19.6 Å². The molecule has 0 aliphatic heterocycles. The molecule has 4 nitrogen and oxygen atoms in total. The van der Waals surface area contributed by atoms with Gasteiger partial charge in [0.05, 0.1) is 13.1 Å². The van der Waals surface area contributed by atoms with Gasteiger partial charge in [-0.25, -0.2) is 4.39 Å². The molecule has 1 N–H and O–H groups in total. The summed E-state index contributed by atoms with van der Waals surface area (Å²) in [5.41, 5.74) is 0.789. The van der Waals surface area contributed by atoms with Crippen molar-refractivity contribution in [2.75, 3.05) is 40.3 Å². The van der Waals surface area contributed by atoms with E-state index < -0.39 is 12.7 Å². The summed E-state index contributed by atoms with van der Waals surface area (Å²) in [6.07, 6.45) is -4.21. The van der Waals surface area contributed by atoms with E-state index >= 15 is 0 Å². The van der Waals surface area contributed by atoms with Gasteiger partial charge in [0.15, 0.2) is 5.96 Å². The van der Waals surface area contributed by atoms with Crippen LogP contribution in [0.4, 0.5) is 17.6 Å². The van der Waals surface area contributed by atoms with Crippen LogP contribution in [0.1, 0.15) is 12.5 Å². The van der Waals surface area contributed by atoms with Crippen LogP contribution in [0.25, 0.3) is 0 Å². The molecule has 0 amide bonds. The van der Waals surface area contributed by atoms with E-state index in [1.807, 2.05) is 11.8 Å². The van der Waals surface area contributed by atoms with Gasteiger partial charge in [0.1, 0.15) is 5.82 Å². The maximum atomic E-state index is 13.2. The Kier molecular flexibility index (Phi) is 11.0. The first kappa shape index (κ1) is 23.9. The molecular weight excluding hydrogens is 451 g/mol. The molecule has 0 fully saturated rings. The molecule has 0 heterocycles. The van der Waals surface area contributed by atoms with Gasteiger partial charge in [0.25, 0.3) is 0 Å². The molecule has 1 rings (SSSR count). The van der Waals surface area contributed by atoms with E-state index in [9.17, 15) is 17.6 Å². The summed E-state index contributed by atoms with van der Waals surface area (Å²) in [6, 6.07) is 6.26. The van der Waals surface area contributed by atoms with Gasteiger partial charge in [-0.1, -0.05) is 12.1 Å². The summed E-state index contributed by atoms with van der Waals surface area (Å²) in [6.45, 7) is 2.46. The predicted octanol–water partition coefficient (Wildman–Crippen LogP) is 3.34. The molecule has 0 saturated heterocycles. The minimum absolute atomic E-state index is 0. The van der Waals surface area contributed by atoms with E-state index in [1.165, 1.54) is 24.1 Å². The molecule has 0 spiro atoms. The lowest BCUT2D eigenvalue weighted by Gasteiger charge is -2.23. The number of nitrogens with one attached hydrogen (secondary N) is 1. The summed E-state index contributed by atoms with van der Waals surface area (Å²) in [7, 11) is 3.21. The Hall–Kier alpha value is -1.10. The molecule has 9 heteroatoms. The van der Waals surface area contributed by atoms with Crippen LogP contribution >= 0.6 is 24.0 Å². The Labute approximate surface area is 163 Å². The number of hydrogen-bond acceptors (Lipinski definition) is 2. The Bertz CT molecular complexity index is 537. The van der Waals surface area contributed by atoms with Crippen molar-refractivity contribution in [3.63, 3.8) is 0 Å². The smallest absolute Gasteiger partial charge is 0.357 e. The first-order valence-electron chi connectivity index (χ1n) is 7.70. The van der Waals surface area contributed by atoms with Crippen LogP contribution in [0.3, 0.4) is 0 Å². The normalized spacial score (nSPS) is 12.1. The van der Waals surface area contributed by atoms with Gasteiger partial charge >= 0.3 is 6.18 Å². The Balaban J connectivity index is 0.00000576. The van der Waals surface area contributed by atoms with Crippen LogP contribution < -0.4 is 5.32 Å². The third kappa shape index (κ3) is 10.5. The zero-order valence-corrected chi connectivity index (χ0v) is 16.9. The van der Waals surface area contributed by atoms with E-state index in [4.69, 9.17) is 0 Å². The molecule has 0 saturated carbocycles. The molecule has 0 atom stereocenters. The van der Waals surface area contributed by atoms with Crippen LogP contribution in [0.15, 0.2) is 29.3 Å². The molecule has 0 aromatic heterocycles. The summed E-state index contributed by atoms with van der Waals surface area (Å²) in [4.78, 5) is 7.32. The number of halogens is 5.